The summed E-state index contributed by atoms with van der Waals surface area (Å²) in [5.74, 6) is -0.226. The van der Waals surface area contributed by atoms with E-state index in [1.54, 1.807) is 20.8 Å². The number of aliphatic hydroxyl groups is 1. The zero-order chi connectivity index (χ0) is 25.8. The molecular formula is C25H39F4NO4. The van der Waals surface area contributed by atoms with Crippen LogP contribution in [0, 0.1) is 0 Å². The fourth-order valence-corrected chi connectivity index (χ4v) is 3.50. The third-order valence-electron chi connectivity index (χ3n) is 5.39. The number of benzene rings is 1. The molecule has 0 saturated heterocycles. The average molecular weight is 494 g/mol. The van der Waals surface area contributed by atoms with Gasteiger partial charge in [0.1, 0.15) is 11.4 Å². The van der Waals surface area contributed by atoms with Gasteiger partial charge in [0.2, 0.25) is 0 Å². The molecule has 0 fully saturated rings. The van der Waals surface area contributed by atoms with Crippen LogP contribution in [0.1, 0.15) is 83.8 Å². The van der Waals surface area contributed by atoms with Crippen molar-refractivity contribution in [3.05, 3.63) is 29.3 Å². The molecule has 0 radical (unpaired) electrons. The second-order valence-electron chi connectivity index (χ2n) is 9.60. The molecule has 0 aromatic heterocycles. The van der Waals surface area contributed by atoms with Gasteiger partial charge in [-0.1, -0.05) is 38.7 Å². The van der Waals surface area contributed by atoms with Gasteiger partial charge < -0.3 is 19.9 Å². The first-order chi connectivity index (χ1) is 15.9. The molecule has 0 aliphatic rings. The molecule has 0 heterocycles. The summed E-state index contributed by atoms with van der Waals surface area (Å²) in [6, 6.07) is 3.82. The fraction of sp³-hybridized carbons (Fsp3) is 0.720. The Labute approximate surface area is 200 Å². The quantitative estimate of drug-likeness (QED) is 0.226. The van der Waals surface area contributed by atoms with E-state index in [2.05, 4.69) is 12.2 Å². The van der Waals surface area contributed by atoms with Gasteiger partial charge in [0.25, 0.3) is 0 Å². The van der Waals surface area contributed by atoms with Crippen molar-refractivity contribution in [2.45, 2.75) is 96.4 Å². The average Bonchev–Trinajstić information content (AvgIpc) is 2.73. The van der Waals surface area contributed by atoms with E-state index < -0.39 is 42.3 Å². The third-order valence-corrected chi connectivity index (χ3v) is 5.39. The molecule has 1 aromatic carbocycles. The van der Waals surface area contributed by atoms with E-state index in [4.69, 9.17) is 9.47 Å². The van der Waals surface area contributed by atoms with Gasteiger partial charge in [0, 0.05) is 6.42 Å². The topological polar surface area (TPSA) is 67.8 Å². The summed E-state index contributed by atoms with van der Waals surface area (Å²) in [7, 11) is 0. The summed E-state index contributed by atoms with van der Waals surface area (Å²) in [5, 5.41) is 12.4. The van der Waals surface area contributed by atoms with Crippen molar-refractivity contribution in [2.24, 2.45) is 0 Å². The lowest BCUT2D eigenvalue weighted by molar-refractivity contribution is -0.139. The SMILES string of the molecule is CCCCCCCOc1ccc(CCC(CO)(CCF)NC(=O)OC(C)(C)C)cc1C(F)(F)F. The normalized spacial score (nSPS) is 13.9. The minimum absolute atomic E-state index is 0.0294. The molecule has 0 saturated carbocycles. The summed E-state index contributed by atoms with van der Waals surface area (Å²) in [5.41, 5.74) is -2.69. The highest BCUT2D eigenvalue weighted by molar-refractivity contribution is 5.68. The monoisotopic (exact) mass is 493 g/mol. The van der Waals surface area contributed by atoms with Gasteiger partial charge in [-0.25, -0.2) is 4.79 Å². The number of carbonyl (C=O) groups excluding carboxylic acids is 1. The Balaban J connectivity index is 2.93. The summed E-state index contributed by atoms with van der Waals surface area (Å²) >= 11 is 0. The Hall–Kier alpha value is -2.03. The van der Waals surface area contributed by atoms with Crippen LogP contribution in [0.15, 0.2) is 18.2 Å². The molecule has 1 atom stereocenters. The Morgan fingerprint density at radius 1 is 1.06 bits per heavy atom. The first kappa shape index (κ1) is 30.0. The third kappa shape index (κ3) is 10.9. The molecule has 0 spiro atoms. The lowest BCUT2D eigenvalue weighted by Crippen LogP contribution is -2.53. The number of ether oxygens (including phenoxy) is 2. The van der Waals surface area contributed by atoms with Gasteiger partial charge in [-0.3, -0.25) is 4.39 Å². The van der Waals surface area contributed by atoms with Crippen LogP contribution in [-0.2, 0) is 17.3 Å². The number of aliphatic hydroxyl groups excluding tert-OH is 1. The number of rotatable bonds is 14. The van der Waals surface area contributed by atoms with Gasteiger partial charge in [0.15, 0.2) is 0 Å². The molecule has 2 N–H and O–H groups in total. The Bertz CT molecular complexity index is 749. The Morgan fingerprint density at radius 2 is 1.74 bits per heavy atom. The van der Waals surface area contributed by atoms with Crippen LogP contribution in [0.3, 0.4) is 0 Å². The number of hydrogen-bond donors (Lipinski definition) is 2. The number of unbranched alkanes of at least 4 members (excludes halogenated alkanes) is 4. The fourth-order valence-electron chi connectivity index (χ4n) is 3.50. The molecule has 1 unspecified atom stereocenters. The van der Waals surface area contributed by atoms with E-state index in [1.807, 2.05) is 0 Å². The van der Waals surface area contributed by atoms with Crippen LogP contribution in [0.25, 0.3) is 0 Å². The van der Waals surface area contributed by atoms with Crippen LogP contribution < -0.4 is 10.1 Å². The minimum Gasteiger partial charge on any atom is -0.493 e. The van der Waals surface area contributed by atoms with Crippen molar-refractivity contribution in [1.29, 1.82) is 0 Å². The van der Waals surface area contributed by atoms with E-state index in [0.717, 1.165) is 31.7 Å². The second kappa shape index (κ2) is 13.8. The zero-order valence-electron chi connectivity index (χ0n) is 20.7. The van der Waals surface area contributed by atoms with Crippen molar-refractivity contribution >= 4 is 6.09 Å². The standard InChI is InChI=1S/C25H39F4NO4/c1-5-6-7-8-9-16-33-21-11-10-19(17-20(21)25(27,28)29)12-13-24(18-31,14-15-26)30-22(32)34-23(2,3)4/h10-11,17,31H,5-9,12-16,18H2,1-4H3,(H,30,32). The maximum atomic E-state index is 13.7. The predicted molar refractivity (Wildman–Crippen MR) is 124 cm³/mol. The molecule has 1 aromatic rings. The van der Waals surface area contributed by atoms with Crippen LogP contribution >= 0.6 is 0 Å². The number of aryl methyl sites for hydroxylation is 1. The lowest BCUT2D eigenvalue weighted by Gasteiger charge is -2.33. The number of amides is 1. The lowest BCUT2D eigenvalue weighted by atomic mass is 9.88. The van der Waals surface area contributed by atoms with Gasteiger partial charge in [-0.15, -0.1) is 0 Å². The van der Waals surface area contributed by atoms with E-state index >= 15 is 0 Å². The Morgan fingerprint density at radius 3 is 2.29 bits per heavy atom. The molecule has 1 rings (SSSR count). The summed E-state index contributed by atoms with van der Waals surface area (Å²) in [4.78, 5) is 12.2. The maximum absolute atomic E-state index is 13.7. The highest BCUT2D eigenvalue weighted by Gasteiger charge is 2.36. The molecule has 1 amide bonds. The molecule has 0 aliphatic carbocycles. The first-order valence-electron chi connectivity index (χ1n) is 11.9. The van der Waals surface area contributed by atoms with Crippen molar-refractivity contribution < 1.29 is 36.9 Å². The zero-order valence-corrected chi connectivity index (χ0v) is 20.7. The minimum atomic E-state index is -4.60. The summed E-state index contributed by atoms with van der Waals surface area (Å²) in [6.07, 6.45) is -0.753. The predicted octanol–water partition coefficient (Wildman–Crippen LogP) is 6.60. The molecule has 9 heteroatoms. The smallest absolute Gasteiger partial charge is 0.419 e. The van der Waals surface area contributed by atoms with Crippen LogP contribution in [0.4, 0.5) is 22.4 Å². The van der Waals surface area contributed by atoms with Gasteiger partial charge in [-0.05, 0) is 57.7 Å². The molecule has 196 valence electrons. The molecule has 0 aliphatic heterocycles. The Kier molecular flexibility index (Phi) is 12.1. The van der Waals surface area contributed by atoms with E-state index in [9.17, 15) is 27.5 Å². The van der Waals surface area contributed by atoms with Gasteiger partial charge >= 0.3 is 12.3 Å². The number of nitrogens with one attached hydrogen (secondary N) is 1. The van der Waals surface area contributed by atoms with E-state index in [1.165, 1.54) is 12.1 Å². The second-order valence-corrected chi connectivity index (χ2v) is 9.60. The van der Waals surface area contributed by atoms with Gasteiger partial charge in [-0.2, -0.15) is 13.2 Å². The molecular weight excluding hydrogens is 454 g/mol. The van der Waals surface area contributed by atoms with Crippen molar-refractivity contribution in [2.75, 3.05) is 19.9 Å². The summed E-state index contributed by atoms with van der Waals surface area (Å²) < 4.78 is 64.8. The van der Waals surface area contributed by atoms with Crippen molar-refractivity contribution in [1.82, 2.24) is 5.32 Å². The number of alkyl halides is 4. The molecule has 34 heavy (non-hydrogen) atoms. The highest BCUT2D eigenvalue weighted by Crippen LogP contribution is 2.37. The van der Waals surface area contributed by atoms with Crippen LogP contribution in [0.5, 0.6) is 5.75 Å². The van der Waals surface area contributed by atoms with Crippen LogP contribution in [-0.4, -0.2) is 42.2 Å². The number of carbonyl (C=O) groups is 1. The van der Waals surface area contributed by atoms with Crippen LogP contribution in [0.2, 0.25) is 0 Å². The largest absolute Gasteiger partial charge is 0.493 e. The van der Waals surface area contributed by atoms with Crippen molar-refractivity contribution in [3.63, 3.8) is 0 Å². The number of hydrogen-bond acceptors (Lipinski definition) is 4. The van der Waals surface area contributed by atoms with E-state index in [0.29, 0.717) is 12.0 Å². The van der Waals surface area contributed by atoms with Crippen molar-refractivity contribution in [3.8, 4) is 5.75 Å². The maximum Gasteiger partial charge on any atom is 0.419 e. The van der Waals surface area contributed by atoms with Gasteiger partial charge in [0.05, 0.1) is 31.0 Å². The number of halogens is 4. The first-order valence-corrected chi connectivity index (χ1v) is 11.9. The molecule has 0 bridgehead atoms. The molecule has 5 nitrogen and oxygen atoms in total. The summed E-state index contributed by atoms with van der Waals surface area (Å²) in [6.45, 7) is 5.87. The highest BCUT2D eigenvalue weighted by atomic mass is 19.4. The number of alkyl carbamates (subject to hydrolysis) is 1. The van der Waals surface area contributed by atoms with E-state index in [-0.39, 0.29) is 31.6 Å².